The number of halogens is 2. The number of urea groups is 1. The van der Waals surface area contributed by atoms with E-state index < -0.39 is 29.8 Å². The molecule has 1 atom stereocenters. The molecule has 1 aromatic heterocycles. The number of aromatic nitrogens is 1. The van der Waals surface area contributed by atoms with Crippen molar-refractivity contribution in [2.45, 2.75) is 31.8 Å². The molecule has 0 saturated carbocycles. The molecule has 3 N–H and O–H groups in total. The number of ether oxygens (including phenoxy) is 1. The topological polar surface area (TPSA) is 104 Å². The molecule has 0 aliphatic heterocycles. The number of benzene rings is 2. The smallest absolute Gasteiger partial charge is 0.412 e. The second-order valence-corrected chi connectivity index (χ2v) is 8.00. The number of rotatable bonds is 10. The minimum Gasteiger partial charge on any atom is -0.447 e. The normalized spacial score (nSPS) is 11.7. The molecule has 0 fully saturated rings. The standard InChI is InChI=1S/C25H28F2N4O4/c1-31(24(33)29-15-19-9-6-11-21(26)23(19)27)20(10-4-5-12-32)16-35-25(34)30-22-13-17-7-2-3-8-18(17)14-28-22/h2-3,6-9,11,13-14,20,32H,4-5,10,12,15-16H2,1H3,(H,29,33)(H,28,30,34)/t20-/m1/s1. The second-order valence-electron chi connectivity index (χ2n) is 8.00. The van der Waals surface area contributed by atoms with Crippen LogP contribution >= 0.6 is 0 Å². The Morgan fingerprint density at radius 2 is 1.89 bits per heavy atom. The van der Waals surface area contributed by atoms with Crippen molar-refractivity contribution in [1.82, 2.24) is 15.2 Å². The Balaban J connectivity index is 1.57. The molecule has 3 amide bonds. The molecule has 0 unspecified atom stereocenters. The Kier molecular flexibility index (Phi) is 9.31. The Hall–Kier alpha value is -3.79. The lowest BCUT2D eigenvalue weighted by molar-refractivity contribution is 0.112. The predicted molar refractivity (Wildman–Crippen MR) is 128 cm³/mol. The van der Waals surface area contributed by atoms with Gasteiger partial charge in [-0.15, -0.1) is 0 Å². The van der Waals surface area contributed by atoms with Crippen LogP contribution in [0.15, 0.2) is 54.7 Å². The summed E-state index contributed by atoms with van der Waals surface area (Å²) in [5, 5.41) is 16.0. The van der Waals surface area contributed by atoms with Gasteiger partial charge in [0.1, 0.15) is 12.4 Å². The molecular formula is C25H28F2N4O4. The molecule has 0 bridgehead atoms. The summed E-state index contributed by atoms with van der Waals surface area (Å²) >= 11 is 0. The fourth-order valence-electron chi connectivity index (χ4n) is 3.49. The van der Waals surface area contributed by atoms with Crippen LogP contribution in [0.5, 0.6) is 0 Å². The fraction of sp³-hybridized carbons (Fsp3) is 0.320. The van der Waals surface area contributed by atoms with Crippen molar-refractivity contribution in [2.24, 2.45) is 0 Å². The first-order chi connectivity index (χ1) is 16.9. The summed E-state index contributed by atoms with van der Waals surface area (Å²) < 4.78 is 32.6. The van der Waals surface area contributed by atoms with Gasteiger partial charge >= 0.3 is 12.1 Å². The quantitative estimate of drug-likeness (QED) is 0.368. The van der Waals surface area contributed by atoms with E-state index in [-0.39, 0.29) is 25.3 Å². The van der Waals surface area contributed by atoms with Gasteiger partial charge in [0, 0.05) is 37.3 Å². The van der Waals surface area contributed by atoms with Gasteiger partial charge in [0.15, 0.2) is 11.6 Å². The minimum absolute atomic E-state index is 0.00352. The highest BCUT2D eigenvalue weighted by Crippen LogP contribution is 2.17. The van der Waals surface area contributed by atoms with Gasteiger partial charge in [-0.1, -0.05) is 36.4 Å². The lowest BCUT2D eigenvalue weighted by Gasteiger charge is -2.28. The van der Waals surface area contributed by atoms with Crippen LogP contribution < -0.4 is 10.6 Å². The van der Waals surface area contributed by atoms with E-state index in [1.807, 2.05) is 24.3 Å². The molecule has 8 nitrogen and oxygen atoms in total. The van der Waals surface area contributed by atoms with Crippen molar-refractivity contribution in [3.8, 4) is 0 Å². The maximum atomic E-state index is 13.9. The van der Waals surface area contributed by atoms with Crippen LogP contribution in [0.2, 0.25) is 0 Å². The van der Waals surface area contributed by atoms with Gasteiger partial charge in [-0.2, -0.15) is 0 Å². The lowest BCUT2D eigenvalue weighted by Crippen LogP contribution is -2.46. The molecule has 186 valence electrons. The predicted octanol–water partition coefficient (Wildman–Crippen LogP) is 4.43. The number of aliphatic hydroxyl groups excluding tert-OH is 1. The highest BCUT2D eigenvalue weighted by Gasteiger charge is 2.22. The SMILES string of the molecule is CN(C(=O)NCc1cccc(F)c1F)[C@H](CCCCO)COC(=O)Nc1cc2ccccc2cn1. The summed E-state index contributed by atoms with van der Waals surface area (Å²) in [6.45, 7) is -0.315. The van der Waals surface area contributed by atoms with E-state index in [2.05, 4.69) is 15.6 Å². The highest BCUT2D eigenvalue weighted by molar-refractivity contribution is 5.89. The Labute approximate surface area is 201 Å². The van der Waals surface area contributed by atoms with Gasteiger partial charge in [-0.25, -0.2) is 23.4 Å². The van der Waals surface area contributed by atoms with Crippen LogP contribution in [0.1, 0.15) is 24.8 Å². The maximum absolute atomic E-state index is 13.9. The number of carbonyl (C=O) groups excluding carboxylic acids is 2. The number of anilines is 1. The van der Waals surface area contributed by atoms with E-state index in [1.54, 1.807) is 12.3 Å². The number of fused-ring (bicyclic) bond motifs is 1. The first kappa shape index (κ1) is 25.8. The molecule has 0 aliphatic rings. The van der Waals surface area contributed by atoms with E-state index in [1.165, 1.54) is 24.1 Å². The number of nitrogens with zero attached hydrogens (tertiary/aromatic N) is 2. The van der Waals surface area contributed by atoms with Gasteiger partial charge in [0.05, 0.1) is 6.04 Å². The van der Waals surface area contributed by atoms with Crippen LogP contribution in [0.3, 0.4) is 0 Å². The number of nitrogens with one attached hydrogen (secondary N) is 2. The van der Waals surface area contributed by atoms with E-state index >= 15 is 0 Å². The molecule has 0 aliphatic carbocycles. The number of unbranched alkanes of at least 4 members (excludes halogenated alkanes) is 1. The third kappa shape index (κ3) is 7.35. The lowest BCUT2D eigenvalue weighted by atomic mass is 10.1. The van der Waals surface area contributed by atoms with Gasteiger partial charge in [0.2, 0.25) is 0 Å². The van der Waals surface area contributed by atoms with E-state index in [0.717, 1.165) is 16.8 Å². The summed E-state index contributed by atoms with van der Waals surface area (Å²) in [5.74, 6) is -1.68. The molecule has 0 spiro atoms. The Morgan fingerprint density at radius 1 is 1.11 bits per heavy atom. The number of pyridine rings is 1. The van der Waals surface area contributed by atoms with Crippen molar-refractivity contribution < 1.29 is 28.2 Å². The highest BCUT2D eigenvalue weighted by atomic mass is 19.2. The van der Waals surface area contributed by atoms with Crippen molar-refractivity contribution in [3.63, 3.8) is 0 Å². The number of hydrogen-bond acceptors (Lipinski definition) is 5. The largest absolute Gasteiger partial charge is 0.447 e. The average Bonchev–Trinajstić information content (AvgIpc) is 2.86. The Morgan fingerprint density at radius 3 is 2.66 bits per heavy atom. The average molecular weight is 487 g/mol. The molecule has 0 saturated heterocycles. The molecule has 0 radical (unpaired) electrons. The van der Waals surface area contributed by atoms with E-state index in [9.17, 15) is 18.4 Å². The molecule has 2 aromatic carbocycles. The monoisotopic (exact) mass is 486 g/mol. The van der Waals surface area contributed by atoms with Crippen LogP contribution in [-0.4, -0.2) is 53.4 Å². The van der Waals surface area contributed by atoms with Crippen LogP contribution in [0, 0.1) is 11.6 Å². The number of carbonyl (C=O) groups is 2. The zero-order valence-corrected chi connectivity index (χ0v) is 19.3. The van der Waals surface area contributed by atoms with Crippen LogP contribution in [0.25, 0.3) is 10.8 Å². The van der Waals surface area contributed by atoms with E-state index in [0.29, 0.717) is 25.1 Å². The summed E-state index contributed by atoms with van der Waals surface area (Å²) in [6, 6.07) is 12.0. The zero-order valence-electron chi connectivity index (χ0n) is 19.3. The molecule has 3 rings (SSSR count). The molecule has 1 heterocycles. The first-order valence-corrected chi connectivity index (χ1v) is 11.2. The fourth-order valence-corrected chi connectivity index (χ4v) is 3.49. The van der Waals surface area contributed by atoms with Gasteiger partial charge in [0.25, 0.3) is 0 Å². The third-order valence-electron chi connectivity index (χ3n) is 5.54. The van der Waals surface area contributed by atoms with Crippen molar-refractivity contribution in [2.75, 3.05) is 25.6 Å². The van der Waals surface area contributed by atoms with Crippen molar-refractivity contribution in [3.05, 3.63) is 71.9 Å². The number of likely N-dealkylation sites (N-methyl/N-ethyl adjacent to an activating group) is 1. The summed E-state index contributed by atoms with van der Waals surface area (Å²) in [5.41, 5.74) is 0.0158. The molecular weight excluding hydrogens is 458 g/mol. The molecule has 3 aromatic rings. The van der Waals surface area contributed by atoms with Gasteiger partial charge < -0.3 is 20.1 Å². The number of aliphatic hydroxyl groups is 1. The summed E-state index contributed by atoms with van der Waals surface area (Å²) in [6.07, 6.45) is 2.49. The van der Waals surface area contributed by atoms with E-state index in [4.69, 9.17) is 9.84 Å². The minimum atomic E-state index is -1.02. The summed E-state index contributed by atoms with van der Waals surface area (Å²) in [4.78, 5) is 30.5. The molecule has 35 heavy (non-hydrogen) atoms. The number of amides is 3. The molecule has 10 heteroatoms. The van der Waals surface area contributed by atoms with Crippen molar-refractivity contribution >= 4 is 28.7 Å². The summed E-state index contributed by atoms with van der Waals surface area (Å²) in [7, 11) is 1.52. The first-order valence-electron chi connectivity index (χ1n) is 11.2. The maximum Gasteiger partial charge on any atom is 0.412 e. The van der Waals surface area contributed by atoms with Gasteiger partial charge in [-0.05, 0) is 36.8 Å². The van der Waals surface area contributed by atoms with Crippen molar-refractivity contribution in [1.29, 1.82) is 0 Å². The third-order valence-corrected chi connectivity index (χ3v) is 5.54. The van der Waals surface area contributed by atoms with Gasteiger partial charge in [-0.3, -0.25) is 5.32 Å². The van der Waals surface area contributed by atoms with Crippen LogP contribution in [-0.2, 0) is 11.3 Å². The number of hydrogen-bond donors (Lipinski definition) is 3. The zero-order chi connectivity index (χ0) is 25.2. The second kappa shape index (κ2) is 12.6. The van der Waals surface area contributed by atoms with Crippen LogP contribution in [0.4, 0.5) is 24.2 Å². The Bertz CT molecular complexity index is 1160.